The smallest absolute Gasteiger partial charge is 0.193 e. The lowest BCUT2D eigenvalue weighted by Gasteiger charge is -2.39. The second-order valence-electron chi connectivity index (χ2n) is 8.69. The van der Waals surface area contributed by atoms with Gasteiger partial charge in [0.15, 0.2) is 5.96 Å². The molecule has 1 aromatic rings. The van der Waals surface area contributed by atoms with Gasteiger partial charge in [-0.15, -0.1) is 24.0 Å². The van der Waals surface area contributed by atoms with Gasteiger partial charge in [0.2, 0.25) is 0 Å². The van der Waals surface area contributed by atoms with Crippen molar-refractivity contribution in [3.8, 4) is 0 Å². The Bertz CT molecular complexity index is 635. The Morgan fingerprint density at radius 1 is 1.20 bits per heavy atom. The molecule has 0 radical (unpaired) electrons. The van der Waals surface area contributed by atoms with Gasteiger partial charge in [-0.25, -0.2) is 0 Å². The molecule has 0 unspecified atom stereocenters. The Kier molecular flexibility index (Phi) is 11.3. The Labute approximate surface area is 204 Å². The van der Waals surface area contributed by atoms with E-state index in [1.54, 1.807) is 0 Å². The van der Waals surface area contributed by atoms with Crippen molar-refractivity contribution in [1.29, 1.82) is 0 Å². The molecule has 2 heterocycles. The Balaban J connectivity index is 0.00000320. The molecular weight excluding hydrogens is 507 g/mol. The van der Waals surface area contributed by atoms with E-state index in [1.165, 1.54) is 11.3 Å². The van der Waals surface area contributed by atoms with Crippen molar-refractivity contribution in [3.63, 3.8) is 0 Å². The van der Waals surface area contributed by atoms with Gasteiger partial charge in [0, 0.05) is 63.4 Å². The number of hydrogen-bond donors (Lipinski definition) is 1. The first-order valence-electron chi connectivity index (χ1n) is 11.0. The third-order valence-corrected chi connectivity index (χ3v) is 6.98. The minimum atomic E-state index is 0. The number of halogens is 1. The topological polar surface area (TPSA) is 40.1 Å². The predicted octanol–water partition coefficient (Wildman–Crippen LogP) is 4.08. The van der Waals surface area contributed by atoms with Gasteiger partial charge in [-0.1, -0.05) is 30.3 Å². The van der Waals surface area contributed by atoms with Gasteiger partial charge in [0.25, 0.3) is 0 Å². The number of benzene rings is 1. The molecule has 0 aliphatic carbocycles. The van der Waals surface area contributed by atoms with E-state index >= 15 is 0 Å². The number of ether oxygens (including phenoxy) is 1. The zero-order chi connectivity index (χ0) is 20.5. The van der Waals surface area contributed by atoms with E-state index in [-0.39, 0.29) is 24.0 Å². The first-order valence-corrected chi connectivity index (χ1v) is 12.0. The van der Waals surface area contributed by atoms with Crippen molar-refractivity contribution in [2.45, 2.75) is 50.5 Å². The van der Waals surface area contributed by atoms with Crippen LogP contribution in [0.3, 0.4) is 0 Å². The molecule has 1 aromatic carbocycles. The van der Waals surface area contributed by atoms with Gasteiger partial charge in [-0.05, 0) is 38.7 Å². The van der Waals surface area contributed by atoms with Crippen LogP contribution in [0.5, 0.6) is 0 Å². The molecule has 0 saturated carbocycles. The number of hydrogen-bond acceptors (Lipinski definition) is 4. The molecule has 0 amide bonds. The third kappa shape index (κ3) is 8.55. The summed E-state index contributed by atoms with van der Waals surface area (Å²) in [6, 6.07) is 10.8. The van der Waals surface area contributed by atoms with Crippen molar-refractivity contribution in [2.24, 2.45) is 4.99 Å². The lowest BCUT2D eigenvalue weighted by molar-refractivity contribution is 0.00531. The molecule has 0 spiro atoms. The molecule has 0 aromatic heterocycles. The van der Waals surface area contributed by atoms with E-state index in [4.69, 9.17) is 4.74 Å². The number of thioether (sulfide) groups is 1. The summed E-state index contributed by atoms with van der Waals surface area (Å²) in [7, 11) is 1.89. The molecule has 2 saturated heterocycles. The van der Waals surface area contributed by atoms with Crippen molar-refractivity contribution in [3.05, 3.63) is 35.9 Å². The van der Waals surface area contributed by atoms with E-state index in [0.29, 0.717) is 10.9 Å². The fraction of sp³-hybridized carbons (Fsp3) is 0.696. The number of nitrogens with zero attached hydrogens (tertiary/aromatic N) is 3. The van der Waals surface area contributed by atoms with Gasteiger partial charge in [0.05, 0.1) is 6.10 Å². The van der Waals surface area contributed by atoms with Crippen molar-refractivity contribution < 1.29 is 4.74 Å². The van der Waals surface area contributed by atoms with Crippen molar-refractivity contribution in [2.75, 3.05) is 52.1 Å². The highest BCUT2D eigenvalue weighted by Gasteiger charge is 2.28. The number of aliphatic imine (C=N–C) groups is 1. The highest BCUT2D eigenvalue weighted by Crippen LogP contribution is 2.29. The summed E-state index contributed by atoms with van der Waals surface area (Å²) in [6.45, 7) is 11.8. The zero-order valence-corrected chi connectivity index (χ0v) is 22.0. The monoisotopic (exact) mass is 546 g/mol. The SMILES string of the molecule is CN=C(NCCCOC1CCN(Cc2ccccc2)CC1)N1CCSC(C)(C)C1.I. The summed E-state index contributed by atoms with van der Waals surface area (Å²) >= 11 is 2.05. The van der Waals surface area contributed by atoms with Gasteiger partial charge >= 0.3 is 0 Å². The molecule has 7 heteroatoms. The van der Waals surface area contributed by atoms with Gasteiger partial charge in [0.1, 0.15) is 0 Å². The molecule has 0 atom stereocenters. The summed E-state index contributed by atoms with van der Waals surface area (Å²) in [5, 5.41) is 3.53. The maximum Gasteiger partial charge on any atom is 0.193 e. The highest BCUT2D eigenvalue weighted by atomic mass is 127. The third-order valence-electron chi connectivity index (χ3n) is 5.68. The minimum absolute atomic E-state index is 0. The standard InChI is InChI=1S/C23H38N4OS.HI/c1-23(2)19-27(15-17-29-23)22(24-3)25-12-7-16-28-21-10-13-26(14-11-21)18-20-8-5-4-6-9-20;/h4-6,8-9,21H,7,10-19H2,1-3H3,(H,24,25);1H. The van der Waals surface area contributed by atoms with Gasteiger partial charge in [-0.2, -0.15) is 11.8 Å². The maximum absolute atomic E-state index is 6.15. The highest BCUT2D eigenvalue weighted by molar-refractivity contribution is 14.0. The second-order valence-corrected chi connectivity index (χ2v) is 10.5. The van der Waals surface area contributed by atoms with Crippen LogP contribution >= 0.6 is 35.7 Å². The van der Waals surface area contributed by atoms with Gasteiger partial charge < -0.3 is 15.0 Å². The van der Waals surface area contributed by atoms with E-state index < -0.39 is 0 Å². The molecule has 2 fully saturated rings. The second kappa shape index (κ2) is 13.1. The molecule has 0 bridgehead atoms. The van der Waals surface area contributed by atoms with Crippen LogP contribution in [-0.4, -0.2) is 78.7 Å². The van der Waals surface area contributed by atoms with Crippen molar-refractivity contribution >= 4 is 41.7 Å². The first-order chi connectivity index (χ1) is 14.1. The van der Waals surface area contributed by atoms with Crippen LogP contribution < -0.4 is 5.32 Å². The Hall–Kier alpha value is -0.510. The van der Waals surface area contributed by atoms with E-state index in [1.807, 2.05) is 7.05 Å². The predicted molar refractivity (Wildman–Crippen MR) is 140 cm³/mol. The van der Waals surface area contributed by atoms with Gasteiger partial charge in [-0.3, -0.25) is 9.89 Å². The Morgan fingerprint density at radius 2 is 1.93 bits per heavy atom. The average molecular weight is 547 g/mol. The fourth-order valence-electron chi connectivity index (χ4n) is 4.13. The average Bonchev–Trinajstić information content (AvgIpc) is 2.72. The number of nitrogens with one attached hydrogen (secondary N) is 1. The number of rotatable bonds is 7. The minimum Gasteiger partial charge on any atom is -0.378 e. The fourth-order valence-corrected chi connectivity index (χ4v) is 5.24. The summed E-state index contributed by atoms with van der Waals surface area (Å²) in [5.74, 6) is 2.20. The lowest BCUT2D eigenvalue weighted by atomic mass is 10.1. The van der Waals surface area contributed by atoms with Crippen LogP contribution in [0.1, 0.15) is 38.7 Å². The summed E-state index contributed by atoms with van der Waals surface area (Å²) in [5.41, 5.74) is 1.40. The molecule has 170 valence electrons. The largest absolute Gasteiger partial charge is 0.378 e. The summed E-state index contributed by atoms with van der Waals surface area (Å²) < 4.78 is 6.45. The first kappa shape index (κ1) is 25.7. The quantitative estimate of drug-likeness (QED) is 0.242. The van der Waals surface area contributed by atoms with Crippen LogP contribution in [0.2, 0.25) is 0 Å². The molecule has 5 nitrogen and oxygen atoms in total. The maximum atomic E-state index is 6.15. The van der Waals surface area contributed by atoms with E-state index in [0.717, 1.165) is 71.1 Å². The lowest BCUT2D eigenvalue weighted by Crippen LogP contribution is -2.51. The van der Waals surface area contributed by atoms with E-state index in [9.17, 15) is 0 Å². The van der Waals surface area contributed by atoms with Crippen LogP contribution in [0.4, 0.5) is 0 Å². The number of likely N-dealkylation sites (tertiary alicyclic amines) is 1. The van der Waals surface area contributed by atoms with E-state index in [2.05, 4.69) is 76.1 Å². The van der Waals surface area contributed by atoms with Crippen LogP contribution in [0.15, 0.2) is 35.3 Å². The Morgan fingerprint density at radius 3 is 2.60 bits per heavy atom. The molecule has 1 N–H and O–H groups in total. The molecule has 3 rings (SSSR count). The molecule has 2 aliphatic heterocycles. The molecule has 2 aliphatic rings. The molecular formula is C23H39IN4OS. The summed E-state index contributed by atoms with van der Waals surface area (Å²) in [6.07, 6.45) is 3.72. The number of piperidine rings is 1. The molecule has 30 heavy (non-hydrogen) atoms. The normalized spacial score (nSPS) is 20.6. The summed E-state index contributed by atoms with van der Waals surface area (Å²) in [4.78, 5) is 9.41. The van der Waals surface area contributed by atoms with Crippen LogP contribution in [0, 0.1) is 0 Å². The van der Waals surface area contributed by atoms with Crippen LogP contribution in [-0.2, 0) is 11.3 Å². The van der Waals surface area contributed by atoms with Crippen LogP contribution in [0.25, 0.3) is 0 Å². The zero-order valence-electron chi connectivity index (χ0n) is 18.8. The van der Waals surface area contributed by atoms with Crippen molar-refractivity contribution in [1.82, 2.24) is 15.1 Å². The number of guanidine groups is 1.